The van der Waals surface area contributed by atoms with Crippen molar-refractivity contribution in [3.05, 3.63) is 85.1 Å². The SMILES string of the molecule is CC/C=C\C/C=C\C/C=C\C/C=C\C/C=C\CCCC(CC(=O)NC(CO)C(O)CCCCCCCCCCCCCCCCC)OC(=O)CCCCCCC/C=C/C=C/CCCCCCCCC. The van der Waals surface area contributed by atoms with Gasteiger partial charge in [-0.2, -0.15) is 0 Å². The van der Waals surface area contributed by atoms with Crippen LogP contribution in [-0.4, -0.2) is 46.9 Å². The standard InChI is InChI=1S/C63H111NO5/c1-4-7-10-13-16-19-22-25-28-30-32-35-38-41-44-47-50-53-56-63(68)69-59(54-51-48-45-42-39-36-34-31-29-26-23-20-17-14-11-8-5-2)57-62(67)64-60(58-65)61(66)55-52-49-46-43-40-37-33-27-24-21-18-15-12-9-6-3/h8,11,17,20,26,28-30,32,34-36,42,45,59-61,65-66H,4-7,9-10,12-16,18-19,21-25,27,31,33,37-41,43-44,46-58H2,1-3H3,(H,64,67)/b11-8-,20-17-,29-26-,30-28+,35-32+,36-34-,45-42-. The van der Waals surface area contributed by atoms with Crippen molar-refractivity contribution in [3.63, 3.8) is 0 Å². The Hall–Kier alpha value is -2.96. The largest absolute Gasteiger partial charge is 0.462 e. The number of allylic oxidation sites excluding steroid dienone is 14. The molecule has 0 radical (unpaired) electrons. The summed E-state index contributed by atoms with van der Waals surface area (Å²) in [6, 6.07) is -0.728. The number of rotatable bonds is 52. The zero-order valence-electron chi connectivity index (χ0n) is 45.4. The lowest BCUT2D eigenvalue weighted by Gasteiger charge is -2.24. The van der Waals surface area contributed by atoms with Gasteiger partial charge in [0.05, 0.1) is 25.2 Å². The van der Waals surface area contributed by atoms with Crippen molar-refractivity contribution in [2.45, 2.75) is 296 Å². The van der Waals surface area contributed by atoms with Crippen molar-refractivity contribution in [1.82, 2.24) is 5.32 Å². The van der Waals surface area contributed by atoms with Crippen molar-refractivity contribution in [2.24, 2.45) is 0 Å². The minimum Gasteiger partial charge on any atom is -0.462 e. The van der Waals surface area contributed by atoms with E-state index < -0.39 is 18.2 Å². The van der Waals surface area contributed by atoms with E-state index in [9.17, 15) is 19.8 Å². The maximum absolute atomic E-state index is 13.3. The predicted molar refractivity (Wildman–Crippen MR) is 301 cm³/mol. The molecule has 3 unspecified atom stereocenters. The van der Waals surface area contributed by atoms with Gasteiger partial charge >= 0.3 is 5.97 Å². The molecule has 0 saturated carbocycles. The third-order valence-electron chi connectivity index (χ3n) is 13.0. The van der Waals surface area contributed by atoms with E-state index in [2.05, 4.69) is 111 Å². The molecule has 0 heterocycles. The smallest absolute Gasteiger partial charge is 0.306 e. The predicted octanol–water partition coefficient (Wildman–Crippen LogP) is 18.3. The molecule has 1 amide bonds. The van der Waals surface area contributed by atoms with Gasteiger partial charge in [-0.1, -0.05) is 260 Å². The van der Waals surface area contributed by atoms with Crippen LogP contribution < -0.4 is 5.32 Å². The second-order valence-corrected chi connectivity index (χ2v) is 19.7. The molecular formula is C63H111NO5. The van der Waals surface area contributed by atoms with Crippen molar-refractivity contribution in [2.75, 3.05) is 6.61 Å². The maximum Gasteiger partial charge on any atom is 0.306 e. The number of hydrogen-bond acceptors (Lipinski definition) is 5. The number of aliphatic hydroxyl groups is 2. The van der Waals surface area contributed by atoms with E-state index in [-0.39, 0.29) is 24.9 Å². The van der Waals surface area contributed by atoms with Gasteiger partial charge in [0.25, 0.3) is 0 Å². The Bertz CT molecular complexity index is 1310. The third kappa shape index (κ3) is 51.2. The molecule has 398 valence electrons. The molecule has 0 aliphatic carbocycles. The van der Waals surface area contributed by atoms with Crippen LogP contribution in [0.15, 0.2) is 85.1 Å². The van der Waals surface area contributed by atoms with E-state index in [1.165, 1.54) is 128 Å². The Kier molecular flexibility index (Phi) is 53.6. The molecule has 6 heteroatoms. The highest BCUT2D eigenvalue weighted by Gasteiger charge is 2.24. The lowest BCUT2D eigenvalue weighted by atomic mass is 10.0. The van der Waals surface area contributed by atoms with Crippen molar-refractivity contribution in [1.29, 1.82) is 0 Å². The van der Waals surface area contributed by atoms with Gasteiger partial charge in [0.1, 0.15) is 6.10 Å². The first kappa shape index (κ1) is 66.0. The molecule has 0 rings (SSSR count). The molecular weight excluding hydrogens is 851 g/mol. The van der Waals surface area contributed by atoms with Gasteiger partial charge in [0, 0.05) is 6.42 Å². The van der Waals surface area contributed by atoms with Gasteiger partial charge in [-0.25, -0.2) is 0 Å². The number of nitrogens with one attached hydrogen (secondary N) is 1. The van der Waals surface area contributed by atoms with E-state index in [1.54, 1.807) is 0 Å². The second kappa shape index (κ2) is 56.0. The number of carbonyl (C=O) groups excluding carboxylic acids is 2. The summed E-state index contributed by atoms with van der Waals surface area (Å²) in [6.45, 7) is 6.37. The monoisotopic (exact) mass is 962 g/mol. The first-order valence-electron chi connectivity index (χ1n) is 29.3. The molecule has 0 aromatic carbocycles. The second-order valence-electron chi connectivity index (χ2n) is 19.7. The van der Waals surface area contributed by atoms with Crippen LogP contribution in [0.5, 0.6) is 0 Å². The minimum absolute atomic E-state index is 0.0292. The summed E-state index contributed by atoms with van der Waals surface area (Å²) in [5.41, 5.74) is 0. The Balaban J connectivity index is 4.69. The Labute approximate surface area is 427 Å². The van der Waals surface area contributed by atoms with Crippen molar-refractivity contribution in [3.8, 4) is 0 Å². The number of carbonyl (C=O) groups is 2. The van der Waals surface area contributed by atoms with E-state index in [4.69, 9.17) is 4.74 Å². The zero-order chi connectivity index (χ0) is 50.2. The molecule has 69 heavy (non-hydrogen) atoms. The fourth-order valence-electron chi connectivity index (χ4n) is 8.57. The van der Waals surface area contributed by atoms with Gasteiger partial charge in [-0.15, -0.1) is 0 Å². The number of ether oxygens (including phenoxy) is 1. The third-order valence-corrected chi connectivity index (χ3v) is 13.0. The minimum atomic E-state index is -0.811. The fraction of sp³-hybridized carbons (Fsp3) is 0.746. The van der Waals surface area contributed by atoms with Crippen LogP contribution in [0.1, 0.15) is 278 Å². The van der Waals surface area contributed by atoms with Crippen LogP contribution in [0.25, 0.3) is 0 Å². The quantitative estimate of drug-likeness (QED) is 0.0244. The fourth-order valence-corrected chi connectivity index (χ4v) is 8.57. The van der Waals surface area contributed by atoms with Gasteiger partial charge in [-0.3, -0.25) is 9.59 Å². The molecule has 0 aliphatic rings. The normalized spacial score (nSPS) is 13.8. The number of unbranched alkanes of at least 4 members (excludes halogenated alkanes) is 27. The van der Waals surface area contributed by atoms with Crippen LogP contribution in [0.3, 0.4) is 0 Å². The summed E-state index contributed by atoms with van der Waals surface area (Å²) in [5, 5.41) is 23.9. The number of hydrogen-bond donors (Lipinski definition) is 3. The van der Waals surface area contributed by atoms with Crippen LogP contribution >= 0.6 is 0 Å². The summed E-state index contributed by atoms with van der Waals surface area (Å²) in [7, 11) is 0. The van der Waals surface area contributed by atoms with Crippen LogP contribution in [0, 0.1) is 0 Å². The average Bonchev–Trinajstić information content (AvgIpc) is 3.34. The number of esters is 1. The molecule has 0 aromatic heterocycles. The lowest BCUT2D eigenvalue weighted by Crippen LogP contribution is -2.46. The summed E-state index contributed by atoms with van der Waals surface area (Å²) in [6.07, 6.45) is 73.6. The maximum atomic E-state index is 13.3. The van der Waals surface area contributed by atoms with E-state index in [0.29, 0.717) is 19.3 Å². The first-order valence-corrected chi connectivity index (χ1v) is 29.3. The van der Waals surface area contributed by atoms with Crippen LogP contribution in [0.2, 0.25) is 0 Å². The molecule has 0 fully saturated rings. The van der Waals surface area contributed by atoms with Gasteiger partial charge in [0.15, 0.2) is 0 Å². The Morgan fingerprint density at radius 2 is 0.841 bits per heavy atom. The highest BCUT2D eigenvalue weighted by atomic mass is 16.5. The lowest BCUT2D eigenvalue weighted by molar-refractivity contribution is -0.151. The first-order chi connectivity index (χ1) is 34.0. The molecule has 0 spiro atoms. The molecule has 3 N–H and O–H groups in total. The highest BCUT2D eigenvalue weighted by molar-refractivity contribution is 5.77. The molecule has 0 bridgehead atoms. The van der Waals surface area contributed by atoms with Gasteiger partial charge < -0.3 is 20.3 Å². The van der Waals surface area contributed by atoms with E-state index in [1.807, 2.05) is 0 Å². The summed E-state index contributed by atoms with van der Waals surface area (Å²) in [5.74, 6) is -0.546. The molecule has 0 aromatic rings. The topological polar surface area (TPSA) is 95.9 Å². The molecule has 3 atom stereocenters. The molecule has 0 aliphatic heterocycles. The number of aliphatic hydroxyl groups excluding tert-OH is 2. The van der Waals surface area contributed by atoms with Crippen LogP contribution in [-0.2, 0) is 14.3 Å². The molecule has 0 saturated heterocycles. The number of amides is 1. The Morgan fingerprint density at radius 1 is 0.449 bits per heavy atom. The Morgan fingerprint density at radius 3 is 1.29 bits per heavy atom. The summed E-state index contributed by atoms with van der Waals surface area (Å²) < 4.78 is 5.93. The molecule has 6 nitrogen and oxygen atoms in total. The average molecular weight is 963 g/mol. The van der Waals surface area contributed by atoms with Crippen LogP contribution in [0.4, 0.5) is 0 Å². The van der Waals surface area contributed by atoms with Gasteiger partial charge in [0.2, 0.25) is 5.91 Å². The van der Waals surface area contributed by atoms with E-state index in [0.717, 1.165) is 103 Å². The van der Waals surface area contributed by atoms with E-state index >= 15 is 0 Å². The highest BCUT2D eigenvalue weighted by Crippen LogP contribution is 2.17. The summed E-state index contributed by atoms with van der Waals surface area (Å²) in [4.78, 5) is 26.3. The zero-order valence-corrected chi connectivity index (χ0v) is 45.4. The van der Waals surface area contributed by atoms with Crippen molar-refractivity contribution < 1.29 is 24.5 Å². The van der Waals surface area contributed by atoms with Crippen molar-refractivity contribution >= 4 is 11.9 Å². The van der Waals surface area contributed by atoms with Gasteiger partial charge in [-0.05, 0) is 89.9 Å². The summed E-state index contributed by atoms with van der Waals surface area (Å²) >= 11 is 0.